The Morgan fingerprint density at radius 3 is 2.58 bits per heavy atom. The summed E-state index contributed by atoms with van der Waals surface area (Å²) in [5.74, 6) is -2.77. The summed E-state index contributed by atoms with van der Waals surface area (Å²) in [5, 5.41) is 18.2. The lowest BCUT2D eigenvalue weighted by atomic mass is 10.2. The summed E-state index contributed by atoms with van der Waals surface area (Å²) in [6.45, 7) is 0. The van der Waals surface area contributed by atoms with Gasteiger partial charge in [-0.2, -0.15) is 10.2 Å². The molecule has 0 unspecified atom stereocenters. The van der Waals surface area contributed by atoms with Gasteiger partial charge in [-0.05, 0) is 24.3 Å². The van der Waals surface area contributed by atoms with Gasteiger partial charge in [-0.3, -0.25) is 4.79 Å². The maximum Gasteiger partial charge on any atom is 0.338 e. The summed E-state index contributed by atoms with van der Waals surface area (Å²) < 4.78 is 13.4. The Kier molecular flexibility index (Phi) is 3.46. The first kappa shape index (κ1) is 12.6. The molecule has 1 aromatic heterocycles. The third-order valence-electron chi connectivity index (χ3n) is 2.30. The molecule has 2 N–H and O–H groups in total. The summed E-state index contributed by atoms with van der Waals surface area (Å²) >= 11 is 0. The highest BCUT2D eigenvalue weighted by Gasteiger charge is 2.12. The number of carbonyl (C=O) groups is 2. The van der Waals surface area contributed by atoms with E-state index < -0.39 is 23.3 Å². The molecule has 0 spiro atoms. The second-order valence-electron chi connectivity index (χ2n) is 3.59. The molecule has 0 bridgehead atoms. The van der Waals surface area contributed by atoms with Gasteiger partial charge < -0.3 is 10.4 Å². The van der Waals surface area contributed by atoms with Gasteiger partial charge >= 0.3 is 5.97 Å². The van der Waals surface area contributed by atoms with Gasteiger partial charge in [0.2, 0.25) is 0 Å². The summed E-state index contributed by atoms with van der Waals surface area (Å²) in [6.07, 6.45) is 2.61. The van der Waals surface area contributed by atoms with E-state index in [0.29, 0.717) is 0 Å². The molecule has 2 aromatic rings. The Labute approximate surface area is 106 Å². The van der Waals surface area contributed by atoms with Crippen molar-refractivity contribution in [2.24, 2.45) is 0 Å². The van der Waals surface area contributed by atoms with Crippen molar-refractivity contribution in [3.8, 4) is 0 Å². The van der Waals surface area contributed by atoms with E-state index in [9.17, 15) is 14.0 Å². The van der Waals surface area contributed by atoms with Crippen LogP contribution in [-0.4, -0.2) is 27.2 Å². The average molecular weight is 261 g/mol. The predicted molar refractivity (Wildman–Crippen MR) is 63.3 cm³/mol. The first-order valence-corrected chi connectivity index (χ1v) is 5.19. The number of hydrogen-bond acceptors (Lipinski definition) is 4. The van der Waals surface area contributed by atoms with Gasteiger partial charge in [0.25, 0.3) is 5.91 Å². The smallest absolute Gasteiger partial charge is 0.338 e. The summed E-state index contributed by atoms with van der Waals surface area (Å²) in [5.41, 5.74) is -0.0365. The van der Waals surface area contributed by atoms with E-state index in [1.54, 1.807) is 0 Å². The van der Waals surface area contributed by atoms with Crippen LogP contribution in [0.15, 0.2) is 36.7 Å². The molecule has 1 aromatic carbocycles. The largest absolute Gasteiger partial charge is 0.478 e. The Balaban J connectivity index is 2.19. The van der Waals surface area contributed by atoms with Crippen molar-refractivity contribution in [1.29, 1.82) is 0 Å². The molecule has 0 atom stereocenters. The van der Waals surface area contributed by atoms with Crippen LogP contribution in [0.4, 0.5) is 10.1 Å². The summed E-state index contributed by atoms with van der Waals surface area (Å²) in [6, 6.07) is 4.78. The van der Waals surface area contributed by atoms with Crippen LogP contribution in [0.2, 0.25) is 0 Å². The van der Waals surface area contributed by atoms with Gasteiger partial charge in [0.1, 0.15) is 5.82 Å². The number of rotatable bonds is 3. The molecule has 2 rings (SSSR count). The maximum absolute atomic E-state index is 13.4. The zero-order valence-corrected chi connectivity index (χ0v) is 9.50. The number of carboxylic acid groups (broad SMARTS) is 1. The molecule has 1 amide bonds. The molecule has 0 fully saturated rings. The molecular formula is C12H8FN3O3. The van der Waals surface area contributed by atoms with Gasteiger partial charge in [0.05, 0.1) is 23.5 Å². The summed E-state index contributed by atoms with van der Waals surface area (Å²) in [4.78, 5) is 22.4. The van der Waals surface area contributed by atoms with Crippen molar-refractivity contribution >= 4 is 17.6 Å². The first-order valence-electron chi connectivity index (χ1n) is 5.19. The van der Waals surface area contributed by atoms with Crippen LogP contribution >= 0.6 is 0 Å². The monoisotopic (exact) mass is 261 g/mol. The van der Waals surface area contributed by atoms with Crippen LogP contribution in [0.25, 0.3) is 0 Å². The molecular weight excluding hydrogens is 253 g/mol. The Bertz CT molecular complexity index is 631. The van der Waals surface area contributed by atoms with Crippen LogP contribution in [0.3, 0.4) is 0 Å². The van der Waals surface area contributed by atoms with Crippen LogP contribution in [-0.2, 0) is 0 Å². The van der Waals surface area contributed by atoms with Gasteiger partial charge in [0, 0.05) is 5.69 Å². The highest BCUT2D eigenvalue weighted by molar-refractivity contribution is 6.04. The number of anilines is 1. The van der Waals surface area contributed by atoms with E-state index >= 15 is 0 Å². The van der Waals surface area contributed by atoms with Gasteiger partial charge in [0.15, 0.2) is 0 Å². The number of nitrogens with one attached hydrogen (secondary N) is 1. The van der Waals surface area contributed by atoms with Crippen LogP contribution in [0.5, 0.6) is 0 Å². The Morgan fingerprint density at radius 1 is 1.21 bits per heavy atom. The lowest BCUT2D eigenvalue weighted by molar-refractivity contribution is 0.0692. The fourth-order valence-electron chi connectivity index (χ4n) is 1.39. The molecule has 6 nitrogen and oxygen atoms in total. The molecule has 0 saturated heterocycles. The number of carbonyl (C=O) groups excluding carboxylic acids is 1. The molecule has 7 heteroatoms. The summed E-state index contributed by atoms with van der Waals surface area (Å²) in [7, 11) is 0. The van der Waals surface area contributed by atoms with Gasteiger partial charge in [-0.15, -0.1) is 0 Å². The van der Waals surface area contributed by atoms with E-state index in [-0.39, 0.29) is 11.3 Å². The zero-order valence-electron chi connectivity index (χ0n) is 9.50. The number of nitrogens with zero attached hydrogens (tertiary/aromatic N) is 2. The van der Waals surface area contributed by atoms with Crippen molar-refractivity contribution in [3.05, 3.63) is 53.6 Å². The average Bonchev–Trinajstić information content (AvgIpc) is 2.39. The number of hydrogen-bond donors (Lipinski definition) is 2. The molecule has 0 radical (unpaired) electrons. The number of aromatic nitrogens is 2. The highest BCUT2D eigenvalue weighted by atomic mass is 19.1. The van der Waals surface area contributed by atoms with Crippen molar-refractivity contribution in [1.82, 2.24) is 10.2 Å². The normalized spacial score (nSPS) is 9.95. The second-order valence-corrected chi connectivity index (χ2v) is 3.59. The van der Waals surface area contributed by atoms with E-state index in [2.05, 4.69) is 15.5 Å². The fraction of sp³-hybridized carbons (Fsp3) is 0. The van der Waals surface area contributed by atoms with Gasteiger partial charge in [-0.25, -0.2) is 9.18 Å². The van der Waals surface area contributed by atoms with Crippen LogP contribution in [0.1, 0.15) is 20.7 Å². The number of benzene rings is 1. The van der Waals surface area contributed by atoms with Crippen molar-refractivity contribution in [3.63, 3.8) is 0 Å². The number of aromatic carboxylic acids is 1. The number of amides is 1. The minimum absolute atomic E-state index is 0.157. The minimum Gasteiger partial charge on any atom is -0.478 e. The van der Waals surface area contributed by atoms with E-state index in [0.717, 1.165) is 12.1 Å². The Hall–Kier alpha value is -2.83. The molecule has 0 aliphatic rings. The fourth-order valence-corrected chi connectivity index (χ4v) is 1.39. The highest BCUT2D eigenvalue weighted by Crippen LogP contribution is 2.15. The van der Waals surface area contributed by atoms with E-state index in [1.165, 1.54) is 24.5 Å². The van der Waals surface area contributed by atoms with Crippen LogP contribution < -0.4 is 5.32 Å². The Morgan fingerprint density at radius 2 is 2.00 bits per heavy atom. The van der Waals surface area contributed by atoms with Crippen molar-refractivity contribution in [2.75, 3.05) is 5.32 Å². The lowest BCUT2D eigenvalue weighted by Crippen LogP contribution is -2.13. The molecule has 1 heterocycles. The molecule has 0 aliphatic carbocycles. The van der Waals surface area contributed by atoms with Gasteiger partial charge in [-0.1, -0.05) is 0 Å². The molecule has 0 saturated carbocycles. The quantitative estimate of drug-likeness (QED) is 0.874. The third-order valence-corrected chi connectivity index (χ3v) is 2.30. The molecule has 19 heavy (non-hydrogen) atoms. The SMILES string of the molecule is O=C(Nc1ccc(C(=O)O)c(F)c1)c1ccnnc1. The van der Waals surface area contributed by atoms with Crippen molar-refractivity contribution < 1.29 is 19.1 Å². The van der Waals surface area contributed by atoms with Crippen LogP contribution in [0, 0.1) is 5.82 Å². The maximum atomic E-state index is 13.4. The van der Waals surface area contributed by atoms with E-state index in [1.807, 2.05) is 0 Å². The number of halogens is 1. The third kappa shape index (κ3) is 2.89. The zero-order chi connectivity index (χ0) is 13.8. The minimum atomic E-state index is -1.37. The molecule has 0 aliphatic heterocycles. The first-order chi connectivity index (χ1) is 9.08. The predicted octanol–water partition coefficient (Wildman–Crippen LogP) is 1.57. The van der Waals surface area contributed by atoms with Crippen molar-refractivity contribution in [2.45, 2.75) is 0 Å². The standard InChI is InChI=1S/C12H8FN3O3/c13-10-5-8(1-2-9(10)12(18)19)16-11(17)7-3-4-14-15-6-7/h1-6H,(H,16,17)(H,18,19). The topological polar surface area (TPSA) is 92.2 Å². The number of carboxylic acids is 1. The second kappa shape index (κ2) is 5.21. The van der Waals surface area contributed by atoms with E-state index in [4.69, 9.17) is 5.11 Å². The molecule has 96 valence electrons. The lowest BCUT2D eigenvalue weighted by Gasteiger charge is -2.05.